The molecule has 1 amide bonds. The van der Waals surface area contributed by atoms with Gasteiger partial charge in [-0.2, -0.15) is 0 Å². The fourth-order valence-electron chi connectivity index (χ4n) is 2.07. The summed E-state index contributed by atoms with van der Waals surface area (Å²) in [6, 6.07) is 15.7. The summed E-state index contributed by atoms with van der Waals surface area (Å²) in [7, 11) is -3.57. The molecule has 122 valence electrons. The van der Waals surface area contributed by atoms with Crippen LogP contribution in [0.25, 0.3) is 0 Å². The van der Waals surface area contributed by atoms with E-state index in [0.717, 1.165) is 17.7 Å². The van der Waals surface area contributed by atoms with Crippen LogP contribution in [0.3, 0.4) is 0 Å². The minimum Gasteiger partial charge on any atom is -0.326 e. The molecular weight excluding hydrogens is 312 g/mol. The first kappa shape index (κ1) is 17.2. The maximum Gasteiger partial charge on any atom is 0.240 e. The van der Waals surface area contributed by atoms with Crippen molar-refractivity contribution >= 4 is 21.6 Å². The molecule has 0 aliphatic heterocycles. The zero-order valence-corrected chi connectivity index (χ0v) is 13.8. The molecular formula is C17H20N2O3S. The Morgan fingerprint density at radius 2 is 1.78 bits per heavy atom. The van der Waals surface area contributed by atoms with E-state index in [0.29, 0.717) is 0 Å². The number of rotatable bonds is 7. The van der Waals surface area contributed by atoms with Gasteiger partial charge in [0.05, 0.1) is 4.90 Å². The first-order chi connectivity index (χ1) is 11.0. The molecule has 23 heavy (non-hydrogen) atoms. The van der Waals surface area contributed by atoms with Gasteiger partial charge in [-0.1, -0.05) is 37.3 Å². The van der Waals surface area contributed by atoms with E-state index in [1.54, 1.807) is 18.2 Å². The Hall–Kier alpha value is -2.18. The number of nitrogens with one attached hydrogen (secondary N) is 2. The summed E-state index contributed by atoms with van der Waals surface area (Å²) in [4.78, 5) is 12.1. The first-order valence-corrected chi connectivity index (χ1v) is 8.93. The van der Waals surface area contributed by atoms with Gasteiger partial charge in [0.2, 0.25) is 15.9 Å². The van der Waals surface area contributed by atoms with Crippen molar-refractivity contribution in [3.8, 4) is 0 Å². The van der Waals surface area contributed by atoms with Crippen LogP contribution in [-0.4, -0.2) is 20.9 Å². The van der Waals surface area contributed by atoms with Gasteiger partial charge in [0.1, 0.15) is 0 Å². The average molecular weight is 332 g/mol. The van der Waals surface area contributed by atoms with Gasteiger partial charge < -0.3 is 5.32 Å². The second-order valence-electron chi connectivity index (χ2n) is 5.06. The third-order valence-corrected chi connectivity index (χ3v) is 4.79. The van der Waals surface area contributed by atoms with Crippen molar-refractivity contribution in [3.63, 3.8) is 0 Å². The average Bonchev–Trinajstić information content (AvgIpc) is 2.55. The molecule has 0 heterocycles. The maximum absolute atomic E-state index is 12.0. The van der Waals surface area contributed by atoms with Crippen LogP contribution in [0.5, 0.6) is 0 Å². The van der Waals surface area contributed by atoms with E-state index >= 15 is 0 Å². The summed E-state index contributed by atoms with van der Waals surface area (Å²) >= 11 is 0. The van der Waals surface area contributed by atoms with Crippen LogP contribution in [0, 0.1) is 0 Å². The molecule has 2 rings (SSSR count). The summed E-state index contributed by atoms with van der Waals surface area (Å²) < 4.78 is 26.5. The summed E-state index contributed by atoms with van der Waals surface area (Å²) in [6.07, 6.45) is 0.961. The normalized spacial score (nSPS) is 11.2. The molecule has 0 aliphatic rings. The number of sulfonamides is 1. The van der Waals surface area contributed by atoms with Crippen molar-refractivity contribution in [1.82, 2.24) is 4.72 Å². The minimum absolute atomic E-state index is 0.0521. The van der Waals surface area contributed by atoms with E-state index in [1.807, 2.05) is 31.2 Å². The number of hydrogen-bond acceptors (Lipinski definition) is 3. The van der Waals surface area contributed by atoms with Crippen molar-refractivity contribution in [3.05, 3.63) is 60.2 Å². The highest BCUT2D eigenvalue weighted by Crippen LogP contribution is 2.11. The van der Waals surface area contributed by atoms with Crippen LogP contribution >= 0.6 is 0 Å². The predicted molar refractivity (Wildman–Crippen MR) is 90.7 cm³/mol. The first-order valence-electron chi connectivity index (χ1n) is 7.45. The second kappa shape index (κ2) is 7.89. The Morgan fingerprint density at radius 1 is 1.04 bits per heavy atom. The second-order valence-corrected chi connectivity index (χ2v) is 6.83. The van der Waals surface area contributed by atoms with Crippen molar-refractivity contribution in [2.75, 3.05) is 11.9 Å². The summed E-state index contributed by atoms with van der Waals surface area (Å²) in [5.74, 6) is -0.228. The Kier molecular flexibility index (Phi) is 5.90. The van der Waals surface area contributed by atoms with Crippen molar-refractivity contribution < 1.29 is 13.2 Å². The number of anilines is 1. The molecule has 0 radical (unpaired) electrons. The highest BCUT2D eigenvalue weighted by Gasteiger charge is 2.13. The topological polar surface area (TPSA) is 75.3 Å². The molecule has 2 N–H and O–H groups in total. The van der Waals surface area contributed by atoms with E-state index in [9.17, 15) is 13.2 Å². The van der Waals surface area contributed by atoms with Crippen LogP contribution < -0.4 is 10.0 Å². The summed E-state index contributed by atoms with van der Waals surface area (Å²) in [5, 5.41) is 2.77. The lowest BCUT2D eigenvalue weighted by molar-refractivity contribution is -0.116. The highest BCUT2D eigenvalue weighted by atomic mass is 32.2. The predicted octanol–water partition coefficient (Wildman–Crippen LogP) is 2.56. The molecule has 2 aromatic rings. The number of hydrogen-bond donors (Lipinski definition) is 2. The molecule has 0 unspecified atom stereocenters. The quantitative estimate of drug-likeness (QED) is 0.818. The number of carbonyl (C=O) groups excluding carboxylic acids is 1. The number of aryl methyl sites for hydroxylation is 1. The number of benzene rings is 2. The van der Waals surface area contributed by atoms with Gasteiger partial charge in [0, 0.05) is 18.7 Å². The Morgan fingerprint density at radius 3 is 2.48 bits per heavy atom. The number of amides is 1. The molecule has 5 nitrogen and oxygen atoms in total. The summed E-state index contributed by atoms with van der Waals surface area (Å²) in [6.45, 7) is 2.09. The van der Waals surface area contributed by atoms with Crippen LogP contribution in [0.15, 0.2) is 59.5 Å². The van der Waals surface area contributed by atoms with E-state index < -0.39 is 10.0 Å². The zero-order valence-electron chi connectivity index (χ0n) is 13.0. The molecule has 0 saturated carbocycles. The van der Waals surface area contributed by atoms with Crippen LogP contribution in [0.4, 0.5) is 5.69 Å². The van der Waals surface area contributed by atoms with Gasteiger partial charge in [-0.15, -0.1) is 0 Å². The third kappa shape index (κ3) is 5.19. The Labute approximate surface area is 136 Å². The van der Waals surface area contributed by atoms with Crippen LogP contribution in [0.2, 0.25) is 0 Å². The molecule has 2 aromatic carbocycles. The van der Waals surface area contributed by atoms with Gasteiger partial charge in [0.15, 0.2) is 0 Å². The van der Waals surface area contributed by atoms with Crippen molar-refractivity contribution in [2.24, 2.45) is 0 Å². The molecule has 0 fully saturated rings. The van der Waals surface area contributed by atoms with Gasteiger partial charge in [-0.3, -0.25) is 4.79 Å². The molecule has 0 aromatic heterocycles. The maximum atomic E-state index is 12.0. The largest absolute Gasteiger partial charge is 0.326 e. The van der Waals surface area contributed by atoms with Crippen molar-refractivity contribution in [1.29, 1.82) is 0 Å². The van der Waals surface area contributed by atoms with Gasteiger partial charge in [0.25, 0.3) is 0 Å². The lowest BCUT2D eigenvalue weighted by Gasteiger charge is -2.08. The van der Waals surface area contributed by atoms with Gasteiger partial charge in [-0.05, 0) is 36.2 Å². The van der Waals surface area contributed by atoms with Gasteiger partial charge >= 0.3 is 0 Å². The van der Waals surface area contributed by atoms with E-state index in [4.69, 9.17) is 0 Å². The van der Waals surface area contributed by atoms with E-state index in [1.165, 1.54) is 12.1 Å². The highest BCUT2D eigenvalue weighted by molar-refractivity contribution is 7.89. The Balaban J connectivity index is 1.85. The minimum atomic E-state index is -3.57. The van der Waals surface area contributed by atoms with Crippen LogP contribution in [0.1, 0.15) is 18.9 Å². The number of carbonyl (C=O) groups is 1. The lowest BCUT2D eigenvalue weighted by Crippen LogP contribution is -2.27. The monoisotopic (exact) mass is 332 g/mol. The lowest BCUT2D eigenvalue weighted by atomic mass is 10.1. The molecule has 0 saturated heterocycles. The molecule has 0 spiro atoms. The third-order valence-electron chi connectivity index (χ3n) is 3.32. The summed E-state index contributed by atoms with van der Waals surface area (Å²) in [5.41, 5.74) is 1.85. The fraction of sp³-hybridized carbons (Fsp3) is 0.235. The van der Waals surface area contributed by atoms with E-state index in [-0.39, 0.29) is 23.8 Å². The molecule has 0 bridgehead atoms. The molecule has 6 heteroatoms. The standard InChI is InChI=1S/C17H20N2O3S/c1-2-14-7-6-8-15(13-14)19-17(20)11-12-18-23(21,22)16-9-4-3-5-10-16/h3-10,13,18H,2,11-12H2,1H3,(H,19,20). The Bertz CT molecular complexity index is 758. The smallest absolute Gasteiger partial charge is 0.240 e. The zero-order chi connectivity index (χ0) is 16.7. The van der Waals surface area contributed by atoms with Crippen LogP contribution in [-0.2, 0) is 21.2 Å². The van der Waals surface area contributed by atoms with Crippen molar-refractivity contribution in [2.45, 2.75) is 24.7 Å². The molecule has 0 aliphatic carbocycles. The van der Waals surface area contributed by atoms with Gasteiger partial charge in [-0.25, -0.2) is 13.1 Å². The fourth-order valence-corrected chi connectivity index (χ4v) is 3.13. The SMILES string of the molecule is CCc1cccc(NC(=O)CCNS(=O)(=O)c2ccccc2)c1. The van der Waals surface area contributed by atoms with E-state index in [2.05, 4.69) is 10.0 Å². The molecule has 0 atom stereocenters.